The van der Waals surface area contributed by atoms with Crippen molar-refractivity contribution in [3.63, 3.8) is 0 Å². The highest BCUT2D eigenvalue weighted by atomic mass is 32.2. The van der Waals surface area contributed by atoms with Crippen LogP contribution in [0.4, 0.5) is 10.1 Å². The number of anilines is 1. The lowest BCUT2D eigenvalue weighted by Gasteiger charge is -2.10. The zero-order valence-electron chi connectivity index (χ0n) is 17.8. The van der Waals surface area contributed by atoms with Gasteiger partial charge < -0.3 is 9.72 Å². The minimum atomic E-state index is -3.72. The van der Waals surface area contributed by atoms with E-state index in [0.29, 0.717) is 28.6 Å². The van der Waals surface area contributed by atoms with Crippen LogP contribution in [0.25, 0.3) is 22.2 Å². The molecule has 9 nitrogen and oxygen atoms in total. The van der Waals surface area contributed by atoms with Crippen molar-refractivity contribution in [3.8, 4) is 17.1 Å². The third-order valence-electron chi connectivity index (χ3n) is 4.90. The quantitative estimate of drug-likeness (QED) is 0.378. The summed E-state index contributed by atoms with van der Waals surface area (Å²) in [7, 11) is -2.26. The molecule has 0 spiro atoms. The molecular weight excluding hydrogens is 449 g/mol. The number of hydrogen-bond acceptors (Lipinski definition) is 7. The van der Waals surface area contributed by atoms with Crippen molar-refractivity contribution in [3.05, 3.63) is 66.0 Å². The summed E-state index contributed by atoms with van der Waals surface area (Å²) in [6.45, 7) is 1.70. The zero-order chi connectivity index (χ0) is 23.6. The second-order valence-electron chi connectivity index (χ2n) is 7.20. The van der Waals surface area contributed by atoms with Crippen molar-refractivity contribution < 1.29 is 22.3 Å². The molecule has 0 aliphatic carbocycles. The summed E-state index contributed by atoms with van der Waals surface area (Å²) >= 11 is 0. The lowest BCUT2D eigenvalue weighted by atomic mass is 10.0. The van der Waals surface area contributed by atoms with Gasteiger partial charge in [-0.2, -0.15) is 0 Å². The van der Waals surface area contributed by atoms with Crippen LogP contribution in [0.3, 0.4) is 0 Å². The molecule has 0 saturated heterocycles. The van der Waals surface area contributed by atoms with Crippen LogP contribution in [0.1, 0.15) is 29.3 Å². The van der Waals surface area contributed by atoms with Gasteiger partial charge in [-0.15, -0.1) is 0 Å². The highest BCUT2D eigenvalue weighted by Gasteiger charge is 2.22. The average Bonchev–Trinajstić information content (AvgIpc) is 3.23. The van der Waals surface area contributed by atoms with Crippen molar-refractivity contribution in [2.75, 3.05) is 17.6 Å². The number of ketones is 1. The van der Waals surface area contributed by atoms with E-state index in [1.807, 2.05) is 0 Å². The number of aromatic amines is 1. The maximum atomic E-state index is 15.1. The van der Waals surface area contributed by atoms with Crippen LogP contribution in [0.15, 0.2) is 49.1 Å². The molecule has 4 aromatic rings. The van der Waals surface area contributed by atoms with Gasteiger partial charge in [0.25, 0.3) is 0 Å². The first kappa shape index (κ1) is 22.3. The fraction of sp³-hybridized carbons (Fsp3) is 0.182. The first-order chi connectivity index (χ1) is 15.8. The number of rotatable bonds is 8. The Bertz CT molecular complexity index is 1440. The van der Waals surface area contributed by atoms with Crippen LogP contribution in [0.5, 0.6) is 6.01 Å². The molecule has 0 unspecified atom stereocenters. The van der Waals surface area contributed by atoms with Crippen LogP contribution in [0, 0.1) is 5.82 Å². The molecule has 0 saturated carbocycles. The predicted molar refractivity (Wildman–Crippen MR) is 121 cm³/mol. The molecule has 170 valence electrons. The number of benzene rings is 1. The number of carbonyl (C=O) groups excluding carboxylic acids is 1. The Balaban J connectivity index is 1.72. The second kappa shape index (κ2) is 8.94. The average molecular weight is 469 g/mol. The molecule has 33 heavy (non-hydrogen) atoms. The van der Waals surface area contributed by atoms with Gasteiger partial charge in [0, 0.05) is 46.9 Å². The number of aromatic nitrogens is 4. The smallest absolute Gasteiger partial charge is 0.316 e. The fourth-order valence-electron chi connectivity index (χ4n) is 3.34. The van der Waals surface area contributed by atoms with Gasteiger partial charge in [-0.3, -0.25) is 9.52 Å². The number of H-pyrrole nitrogens is 1. The Morgan fingerprint density at radius 3 is 2.55 bits per heavy atom. The molecule has 0 radical (unpaired) electrons. The van der Waals surface area contributed by atoms with Gasteiger partial charge in [-0.25, -0.2) is 27.8 Å². The van der Waals surface area contributed by atoms with Crippen LogP contribution < -0.4 is 9.46 Å². The predicted octanol–water partition coefficient (Wildman–Crippen LogP) is 3.55. The van der Waals surface area contributed by atoms with E-state index in [1.54, 1.807) is 31.6 Å². The number of nitrogens with one attached hydrogen (secondary N) is 2. The third-order valence-corrected chi connectivity index (χ3v) is 6.38. The third kappa shape index (κ3) is 4.53. The van der Waals surface area contributed by atoms with E-state index >= 15 is 4.39 Å². The molecule has 0 aliphatic rings. The van der Waals surface area contributed by atoms with E-state index in [1.165, 1.54) is 31.5 Å². The molecule has 0 aliphatic heterocycles. The summed E-state index contributed by atoms with van der Waals surface area (Å²) in [6.07, 6.45) is 6.55. The Morgan fingerprint density at radius 1 is 1.12 bits per heavy atom. The number of methoxy groups -OCH3 is 1. The SMILES string of the molecule is CCCS(=O)(=O)Nc1cccc(C(=O)c2c[nH]c3ncc(-c4cnc(OC)nc4)cc23)c1F. The summed E-state index contributed by atoms with van der Waals surface area (Å²) < 4.78 is 46.4. The molecule has 11 heteroatoms. The number of ether oxygens (including phenoxy) is 1. The van der Waals surface area contributed by atoms with Gasteiger partial charge in [0.15, 0.2) is 11.6 Å². The van der Waals surface area contributed by atoms with Crippen LogP contribution >= 0.6 is 0 Å². The van der Waals surface area contributed by atoms with E-state index in [0.717, 1.165) is 0 Å². The second-order valence-corrected chi connectivity index (χ2v) is 9.04. The van der Waals surface area contributed by atoms with Crippen molar-refractivity contribution in [1.29, 1.82) is 0 Å². The van der Waals surface area contributed by atoms with E-state index in [4.69, 9.17) is 4.74 Å². The Kier molecular flexibility index (Phi) is 6.05. The molecule has 3 aromatic heterocycles. The largest absolute Gasteiger partial charge is 0.467 e. The molecule has 0 bridgehead atoms. The van der Waals surface area contributed by atoms with E-state index in [9.17, 15) is 13.2 Å². The van der Waals surface area contributed by atoms with E-state index in [-0.39, 0.29) is 28.6 Å². The molecule has 0 atom stereocenters. The van der Waals surface area contributed by atoms with E-state index < -0.39 is 21.6 Å². The number of pyridine rings is 1. The standard InChI is InChI=1S/C22H20FN5O4S/c1-3-7-33(30,31)28-18-6-4-5-15(19(18)23)20(29)17-12-25-21-16(17)8-13(9-24-21)14-10-26-22(32-2)27-11-14/h4-6,8-12,28H,3,7H2,1-2H3,(H,24,25). The molecule has 3 heterocycles. The zero-order valence-corrected chi connectivity index (χ0v) is 18.6. The monoisotopic (exact) mass is 469 g/mol. The first-order valence-electron chi connectivity index (χ1n) is 10.00. The Hall–Kier alpha value is -3.86. The molecule has 0 amide bonds. The summed E-state index contributed by atoms with van der Waals surface area (Å²) in [5.74, 6) is -1.71. The number of nitrogens with zero attached hydrogens (tertiary/aromatic N) is 3. The van der Waals surface area contributed by atoms with E-state index in [2.05, 4.69) is 24.7 Å². The van der Waals surface area contributed by atoms with Gasteiger partial charge >= 0.3 is 6.01 Å². The summed E-state index contributed by atoms with van der Waals surface area (Å²) in [4.78, 5) is 28.6. The molecule has 2 N–H and O–H groups in total. The normalized spacial score (nSPS) is 11.5. The van der Waals surface area contributed by atoms with Crippen molar-refractivity contribution >= 4 is 32.5 Å². The van der Waals surface area contributed by atoms with Gasteiger partial charge in [0.2, 0.25) is 10.0 Å². The number of fused-ring (bicyclic) bond motifs is 1. The van der Waals surface area contributed by atoms with Crippen molar-refractivity contribution in [2.24, 2.45) is 0 Å². The Morgan fingerprint density at radius 2 is 1.85 bits per heavy atom. The molecule has 1 aromatic carbocycles. The number of hydrogen-bond donors (Lipinski definition) is 2. The molecule has 4 rings (SSSR count). The minimum absolute atomic E-state index is 0.156. The maximum Gasteiger partial charge on any atom is 0.316 e. The minimum Gasteiger partial charge on any atom is -0.467 e. The van der Waals surface area contributed by atoms with Crippen LogP contribution in [0.2, 0.25) is 0 Å². The molecular formula is C22H20FN5O4S. The van der Waals surface area contributed by atoms with Crippen LogP contribution in [-0.2, 0) is 10.0 Å². The number of halogens is 1. The van der Waals surface area contributed by atoms with Crippen molar-refractivity contribution in [2.45, 2.75) is 13.3 Å². The first-order valence-corrected chi connectivity index (χ1v) is 11.7. The summed E-state index contributed by atoms with van der Waals surface area (Å²) in [6, 6.07) is 5.95. The van der Waals surface area contributed by atoms with Crippen LogP contribution in [-0.4, -0.2) is 47.0 Å². The topological polar surface area (TPSA) is 127 Å². The highest BCUT2D eigenvalue weighted by molar-refractivity contribution is 7.92. The molecule has 0 fully saturated rings. The lowest BCUT2D eigenvalue weighted by molar-refractivity contribution is 0.103. The van der Waals surface area contributed by atoms with Gasteiger partial charge in [-0.1, -0.05) is 13.0 Å². The Labute approximate surface area is 189 Å². The maximum absolute atomic E-state index is 15.1. The summed E-state index contributed by atoms with van der Waals surface area (Å²) in [5, 5.41) is 0.477. The summed E-state index contributed by atoms with van der Waals surface area (Å²) in [5.41, 5.74) is 1.41. The fourth-order valence-corrected chi connectivity index (χ4v) is 4.47. The number of carbonyl (C=O) groups is 1. The lowest BCUT2D eigenvalue weighted by Crippen LogP contribution is -2.18. The van der Waals surface area contributed by atoms with Gasteiger partial charge in [0.1, 0.15) is 5.65 Å². The van der Waals surface area contributed by atoms with Gasteiger partial charge in [-0.05, 0) is 24.6 Å². The van der Waals surface area contributed by atoms with Gasteiger partial charge in [0.05, 0.1) is 24.1 Å². The highest BCUT2D eigenvalue weighted by Crippen LogP contribution is 2.28. The number of sulfonamides is 1. The van der Waals surface area contributed by atoms with Crippen molar-refractivity contribution in [1.82, 2.24) is 19.9 Å².